The topological polar surface area (TPSA) is 69.6 Å². The molecule has 110 valence electrons. The zero-order chi connectivity index (χ0) is 14.6. The van der Waals surface area contributed by atoms with Gasteiger partial charge in [0.15, 0.2) is 0 Å². The Hall–Kier alpha value is -1.10. The summed E-state index contributed by atoms with van der Waals surface area (Å²) >= 11 is 0. The minimum Gasteiger partial charge on any atom is -0.480 e. The minimum absolute atomic E-state index is 0.179. The molecule has 0 saturated carbocycles. The van der Waals surface area contributed by atoms with Gasteiger partial charge < -0.3 is 10.4 Å². The molecule has 4 atom stereocenters. The maximum atomic E-state index is 12.2. The molecule has 4 unspecified atom stereocenters. The molecule has 0 bridgehead atoms. The zero-order valence-electron chi connectivity index (χ0n) is 12.3. The number of aliphatic carboxylic acids is 1. The Kier molecular flexibility index (Phi) is 5.79. The molecule has 0 spiro atoms. The summed E-state index contributed by atoms with van der Waals surface area (Å²) in [5.41, 5.74) is 0. The number of likely N-dealkylation sites (tertiary alicyclic amines) is 1. The van der Waals surface area contributed by atoms with Gasteiger partial charge in [-0.1, -0.05) is 13.3 Å². The summed E-state index contributed by atoms with van der Waals surface area (Å²) in [7, 11) is 0. The second-order valence-corrected chi connectivity index (χ2v) is 5.59. The van der Waals surface area contributed by atoms with Crippen molar-refractivity contribution < 1.29 is 14.7 Å². The first-order valence-electron chi connectivity index (χ1n) is 7.19. The lowest BCUT2D eigenvalue weighted by molar-refractivity contribution is -0.143. The smallest absolute Gasteiger partial charge is 0.326 e. The molecule has 0 aromatic heterocycles. The van der Waals surface area contributed by atoms with Crippen molar-refractivity contribution in [2.24, 2.45) is 0 Å². The molecule has 1 fully saturated rings. The summed E-state index contributed by atoms with van der Waals surface area (Å²) in [5, 5.41) is 11.7. The van der Waals surface area contributed by atoms with E-state index in [1.165, 1.54) is 0 Å². The van der Waals surface area contributed by atoms with E-state index in [0.29, 0.717) is 18.5 Å². The van der Waals surface area contributed by atoms with E-state index in [2.05, 4.69) is 24.1 Å². The second-order valence-electron chi connectivity index (χ2n) is 5.59. The Morgan fingerprint density at radius 1 is 1.32 bits per heavy atom. The summed E-state index contributed by atoms with van der Waals surface area (Å²) < 4.78 is 0. The van der Waals surface area contributed by atoms with E-state index in [1.807, 2.05) is 13.8 Å². The number of carbonyl (C=O) groups is 2. The first-order valence-corrected chi connectivity index (χ1v) is 7.19. The first-order chi connectivity index (χ1) is 8.88. The van der Waals surface area contributed by atoms with E-state index in [-0.39, 0.29) is 11.9 Å². The van der Waals surface area contributed by atoms with Crippen LogP contribution in [-0.2, 0) is 9.59 Å². The van der Waals surface area contributed by atoms with Gasteiger partial charge in [-0.25, -0.2) is 4.79 Å². The summed E-state index contributed by atoms with van der Waals surface area (Å²) in [5.74, 6) is -1.13. The lowest BCUT2D eigenvalue weighted by Gasteiger charge is -2.32. The molecular formula is C14H26N2O3. The van der Waals surface area contributed by atoms with Gasteiger partial charge in [-0.3, -0.25) is 9.69 Å². The highest BCUT2D eigenvalue weighted by molar-refractivity contribution is 5.86. The fourth-order valence-corrected chi connectivity index (χ4v) is 2.95. The van der Waals surface area contributed by atoms with Crippen LogP contribution in [0, 0.1) is 0 Å². The summed E-state index contributed by atoms with van der Waals surface area (Å²) in [6.45, 7) is 8.01. The normalized spacial score (nSPS) is 26.9. The molecule has 5 heteroatoms. The van der Waals surface area contributed by atoms with Crippen molar-refractivity contribution in [3.8, 4) is 0 Å². The van der Waals surface area contributed by atoms with Crippen LogP contribution in [0.3, 0.4) is 0 Å². The van der Waals surface area contributed by atoms with Crippen LogP contribution in [0.2, 0.25) is 0 Å². The van der Waals surface area contributed by atoms with Crippen LogP contribution in [-0.4, -0.2) is 46.1 Å². The Morgan fingerprint density at radius 2 is 1.84 bits per heavy atom. The van der Waals surface area contributed by atoms with Crippen LogP contribution in [0.4, 0.5) is 0 Å². The predicted octanol–water partition coefficient (Wildman–Crippen LogP) is 1.62. The molecule has 1 aliphatic heterocycles. The van der Waals surface area contributed by atoms with Gasteiger partial charge >= 0.3 is 5.97 Å². The Labute approximate surface area is 115 Å². The monoisotopic (exact) mass is 270 g/mol. The van der Waals surface area contributed by atoms with E-state index in [1.54, 1.807) is 0 Å². The maximum Gasteiger partial charge on any atom is 0.326 e. The fourth-order valence-electron chi connectivity index (χ4n) is 2.95. The second kappa shape index (κ2) is 6.89. The molecule has 2 N–H and O–H groups in total. The first kappa shape index (κ1) is 16.0. The lowest BCUT2D eigenvalue weighted by atomic mass is 10.1. The number of hydrogen-bond acceptors (Lipinski definition) is 3. The van der Waals surface area contributed by atoms with Crippen LogP contribution in [0.5, 0.6) is 0 Å². The van der Waals surface area contributed by atoms with E-state index >= 15 is 0 Å². The zero-order valence-corrected chi connectivity index (χ0v) is 12.3. The third-order valence-electron chi connectivity index (χ3n) is 4.04. The van der Waals surface area contributed by atoms with Crippen LogP contribution >= 0.6 is 0 Å². The quantitative estimate of drug-likeness (QED) is 0.769. The highest BCUT2D eigenvalue weighted by Gasteiger charge is 2.35. The third kappa shape index (κ3) is 3.93. The third-order valence-corrected chi connectivity index (χ3v) is 4.04. The van der Waals surface area contributed by atoms with E-state index in [4.69, 9.17) is 5.11 Å². The van der Waals surface area contributed by atoms with Crippen LogP contribution in [0.1, 0.15) is 53.4 Å². The average molecular weight is 270 g/mol. The Morgan fingerprint density at radius 3 is 2.26 bits per heavy atom. The number of carboxylic acids is 1. The average Bonchev–Trinajstić information content (AvgIpc) is 2.67. The molecule has 5 nitrogen and oxygen atoms in total. The molecule has 0 radical (unpaired) electrons. The number of rotatable bonds is 6. The highest BCUT2D eigenvalue weighted by atomic mass is 16.4. The van der Waals surface area contributed by atoms with Gasteiger partial charge in [-0.15, -0.1) is 0 Å². The molecule has 19 heavy (non-hydrogen) atoms. The standard InChI is InChI=1S/C14H26N2O3/c1-5-6-12(14(18)19)15-13(17)11(4)16-9(2)7-8-10(16)3/h9-12H,5-8H2,1-4H3,(H,15,17)(H,18,19). The number of amides is 1. The van der Waals surface area contributed by atoms with E-state index in [9.17, 15) is 9.59 Å². The van der Waals surface area contributed by atoms with Crippen molar-refractivity contribution in [3.63, 3.8) is 0 Å². The van der Waals surface area contributed by atoms with E-state index in [0.717, 1.165) is 19.3 Å². The van der Waals surface area contributed by atoms with Gasteiger partial charge in [0.25, 0.3) is 0 Å². The molecule has 1 heterocycles. The van der Waals surface area contributed by atoms with Crippen molar-refractivity contribution in [3.05, 3.63) is 0 Å². The fraction of sp³-hybridized carbons (Fsp3) is 0.857. The summed E-state index contributed by atoms with van der Waals surface area (Å²) in [6.07, 6.45) is 3.40. The SMILES string of the molecule is CCCC(NC(=O)C(C)N1C(C)CCC1C)C(=O)O. The summed E-state index contributed by atoms with van der Waals surface area (Å²) in [6, 6.07) is -0.283. The van der Waals surface area contributed by atoms with Crippen molar-refractivity contribution >= 4 is 11.9 Å². The van der Waals surface area contributed by atoms with Crippen LogP contribution < -0.4 is 5.32 Å². The maximum absolute atomic E-state index is 12.2. The molecule has 1 amide bonds. The number of carbonyl (C=O) groups excluding carboxylic acids is 1. The van der Waals surface area contributed by atoms with Crippen molar-refractivity contribution in [2.45, 2.75) is 77.5 Å². The number of carboxylic acid groups (broad SMARTS) is 1. The molecular weight excluding hydrogens is 244 g/mol. The molecule has 0 aromatic carbocycles. The van der Waals surface area contributed by atoms with Crippen LogP contribution in [0.25, 0.3) is 0 Å². The molecule has 1 saturated heterocycles. The van der Waals surface area contributed by atoms with Crippen LogP contribution in [0.15, 0.2) is 0 Å². The highest BCUT2D eigenvalue weighted by Crippen LogP contribution is 2.25. The van der Waals surface area contributed by atoms with Crippen molar-refractivity contribution in [1.82, 2.24) is 10.2 Å². The van der Waals surface area contributed by atoms with Gasteiger partial charge in [0, 0.05) is 12.1 Å². The van der Waals surface area contributed by atoms with Gasteiger partial charge in [0.2, 0.25) is 5.91 Å². The van der Waals surface area contributed by atoms with E-state index < -0.39 is 12.0 Å². The van der Waals surface area contributed by atoms with Gasteiger partial charge in [0.1, 0.15) is 6.04 Å². The van der Waals surface area contributed by atoms with Gasteiger partial charge in [0.05, 0.1) is 6.04 Å². The molecule has 0 aromatic rings. The summed E-state index contributed by atoms with van der Waals surface area (Å²) in [4.78, 5) is 25.4. The van der Waals surface area contributed by atoms with Crippen molar-refractivity contribution in [2.75, 3.05) is 0 Å². The van der Waals surface area contributed by atoms with Crippen molar-refractivity contribution in [1.29, 1.82) is 0 Å². The number of nitrogens with zero attached hydrogens (tertiary/aromatic N) is 1. The van der Waals surface area contributed by atoms with Gasteiger partial charge in [-0.2, -0.15) is 0 Å². The molecule has 1 rings (SSSR count). The Balaban J connectivity index is 2.63. The lowest BCUT2D eigenvalue weighted by Crippen LogP contribution is -2.52. The minimum atomic E-state index is -0.954. The largest absolute Gasteiger partial charge is 0.480 e. The molecule has 0 aliphatic carbocycles. The number of nitrogens with one attached hydrogen (secondary N) is 1. The predicted molar refractivity (Wildman–Crippen MR) is 73.9 cm³/mol. The van der Waals surface area contributed by atoms with Gasteiger partial charge in [-0.05, 0) is 40.0 Å². The Bertz CT molecular complexity index is 323. The molecule has 1 aliphatic rings. The number of hydrogen-bond donors (Lipinski definition) is 2.